The van der Waals surface area contributed by atoms with E-state index >= 15 is 0 Å². The van der Waals surface area contributed by atoms with E-state index in [0.29, 0.717) is 22.9 Å². The highest BCUT2D eigenvalue weighted by Gasteiger charge is 2.30. The average molecular weight is 427 g/mol. The second-order valence-electron chi connectivity index (χ2n) is 8.07. The lowest BCUT2D eigenvalue weighted by atomic mass is 9.81. The largest absolute Gasteiger partial charge is 0.348 e. The van der Waals surface area contributed by atoms with Crippen LogP contribution >= 0.6 is 0 Å². The van der Waals surface area contributed by atoms with Crippen LogP contribution in [0.15, 0.2) is 41.4 Å². The van der Waals surface area contributed by atoms with Crippen LogP contribution in [0.4, 0.5) is 0 Å². The molecule has 160 valence electrons. The summed E-state index contributed by atoms with van der Waals surface area (Å²) in [5.74, 6) is 0.354. The molecule has 0 fully saturated rings. The molecule has 1 aromatic carbocycles. The summed E-state index contributed by atoms with van der Waals surface area (Å²) in [6, 6.07) is 8.91. The molecule has 1 N–H and O–H groups in total. The van der Waals surface area contributed by atoms with Crippen LogP contribution in [0.1, 0.15) is 54.0 Å². The smallest absolute Gasteiger partial charge is 0.253 e. The number of aromatic nitrogens is 1. The third-order valence-electron chi connectivity index (χ3n) is 5.76. The summed E-state index contributed by atoms with van der Waals surface area (Å²) in [4.78, 5) is 20.1. The summed E-state index contributed by atoms with van der Waals surface area (Å²) in [5.41, 5.74) is 3.65. The van der Waals surface area contributed by atoms with Gasteiger partial charge in [0, 0.05) is 18.8 Å². The van der Waals surface area contributed by atoms with E-state index in [9.17, 15) is 13.2 Å². The molecule has 30 heavy (non-hydrogen) atoms. The van der Waals surface area contributed by atoms with E-state index in [4.69, 9.17) is 0 Å². The zero-order valence-corrected chi connectivity index (χ0v) is 19.0. The Morgan fingerprint density at radius 1 is 1.30 bits per heavy atom. The van der Waals surface area contributed by atoms with Gasteiger partial charge in [-0.05, 0) is 48.2 Å². The zero-order valence-electron chi connectivity index (χ0n) is 18.2. The lowest BCUT2D eigenvalue weighted by molar-refractivity contribution is 0.0950. The lowest BCUT2D eigenvalue weighted by Crippen LogP contribution is -2.40. The molecule has 6 nitrogen and oxygen atoms in total. The summed E-state index contributed by atoms with van der Waals surface area (Å²) in [6.07, 6.45) is 2.56. The minimum absolute atomic E-state index is 0.0715. The number of benzene rings is 1. The molecule has 0 spiro atoms. The normalized spacial score (nSPS) is 16.9. The number of carbonyl (C=O) groups excluding carboxylic acids is 1. The van der Waals surface area contributed by atoms with Crippen molar-refractivity contribution in [2.75, 3.05) is 12.3 Å². The highest BCUT2D eigenvalue weighted by Crippen LogP contribution is 2.33. The number of nitrogens with one attached hydrogen (secondary N) is 1. The lowest BCUT2D eigenvalue weighted by Gasteiger charge is -2.38. The number of amides is 1. The standard InChI is InChI=1S/C22H30BN3O3S/c1-5-30(28,29)19-8-6-16(7-9-19)13-25-22(27)18-12-17-10-11-26(23-4)21(15(2)3)20(17)24-14-18/h6-9,12,14-15,21,23H,5,10-11,13H2,1-4H3,(H,25,27). The number of rotatable bonds is 7. The van der Waals surface area contributed by atoms with Crippen molar-refractivity contribution in [1.82, 2.24) is 15.1 Å². The van der Waals surface area contributed by atoms with Gasteiger partial charge in [0.15, 0.2) is 9.84 Å². The quantitative estimate of drug-likeness (QED) is 0.688. The van der Waals surface area contributed by atoms with Gasteiger partial charge in [-0.1, -0.05) is 39.7 Å². The van der Waals surface area contributed by atoms with E-state index in [1.165, 1.54) is 0 Å². The van der Waals surface area contributed by atoms with Crippen molar-refractivity contribution in [3.05, 3.63) is 58.9 Å². The van der Waals surface area contributed by atoms with Crippen molar-refractivity contribution in [3.8, 4) is 0 Å². The zero-order chi connectivity index (χ0) is 21.9. The predicted octanol–water partition coefficient (Wildman–Crippen LogP) is 2.76. The monoisotopic (exact) mass is 427 g/mol. The fourth-order valence-electron chi connectivity index (χ4n) is 4.05. The maximum Gasteiger partial charge on any atom is 0.253 e. The predicted molar refractivity (Wildman–Crippen MR) is 121 cm³/mol. The molecule has 2 heterocycles. The van der Waals surface area contributed by atoms with E-state index < -0.39 is 9.84 Å². The van der Waals surface area contributed by atoms with Crippen molar-refractivity contribution in [2.45, 2.75) is 51.5 Å². The molecule has 1 amide bonds. The van der Waals surface area contributed by atoms with E-state index in [-0.39, 0.29) is 17.7 Å². The number of nitrogens with zero attached hydrogens (tertiary/aromatic N) is 2. The van der Waals surface area contributed by atoms with E-state index in [1.807, 2.05) is 6.07 Å². The Morgan fingerprint density at radius 2 is 2.00 bits per heavy atom. The van der Waals surface area contributed by atoms with Crippen LogP contribution in [0.25, 0.3) is 0 Å². The average Bonchev–Trinajstić information content (AvgIpc) is 2.76. The molecule has 8 heteroatoms. The molecule has 1 atom stereocenters. The fraction of sp³-hybridized carbons (Fsp3) is 0.455. The van der Waals surface area contributed by atoms with Gasteiger partial charge >= 0.3 is 0 Å². The number of hydrogen-bond donors (Lipinski definition) is 1. The van der Waals surface area contributed by atoms with E-state index in [1.54, 1.807) is 37.4 Å². The maximum atomic E-state index is 12.7. The van der Waals surface area contributed by atoms with Crippen molar-refractivity contribution in [2.24, 2.45) is 5.92 Å². The highest BCUT2D eigenvalue weighted by atomic mass is 32.2. The van der Waals surface area contributed by atoms with Crippen LogP contribution in [0.3, 0.4) is 0 Å². The van der Waals surface area contributed by atoms with Gasteiger partial charge in [-0.25, -0.2) is 8.42 Å². The second-order valence-corrected chi connectivity index (χ2v) is 10.3. The Morgan fingerprint density at radius 3 is 2.60 bits per heavy atom. The fourth-order valence-corrected chi connectivity index (χ4v) is 4.93. The molecular weight excluding hydrogens is 397 g/mol. The summed E-state index contributed by atoms with van der Waals surface area (Å²) >= 11 is 0. The Bertz CT molecular complexity index is 1010. The molecule has 1 aromatic heterocycles. The molecule has 0 bridgehead atoms. The Kier molecular flexibility index (Phi) is 6.98. The van der Waals surface area contributed by atoms with Crippen LogP contribution < -0.4 is 5.32 Å². The van der Waals surface area contributed by atoms with Gasteiger partial charge in [-0.3, -0.25) is 9.78 Å². The third kappa shape index (κ3) is 4.76. The molecule has 3 rings (SSSR count). The van der Waals surface area contributed by atoms with Crippen LogP contribution in [-0.2, 0) is 22.8 Å². The summed E-state index contributed by atoms with van der Waals surface area (Å²) < 4.78 is 23.8. The van der Waals surface area contributed by atoms with Crippen LogP contribution in [-0.4, -0.2) is 43.8 Å². The van der Waals surface area contributed by atoms with Crippen molar-refractivity contribution >= 4 is 23.2 Å². The number of sulfone groups is 1. The van der Waals surface area contributed by atoms with Crippen LogP contribution in [0.2, 0.25) is 6.82 Å². The van der Waals surface area contributed by atoms with Crippen molar-refractivity contribution in [1.29, 1.82) is 0 Å². The molecule has 2 aromatic rings. The molecule has 1 aliphatic rings. The Balaban J connectivity index is 1.70. The van der Waals surface area contributed by atoms with E-state index in [0.717, 1.165) is 37.2 Å². The number of hydrogen-bond acceptors (Lipinski definition) is 5. The number of fused-ring (bicyclic) bond motifs is 1. The second kappa shape index (κ2) is 9.31. The molecule has 1 aliphatic heterocycles. The third-order valence-corrected chi connectivity index (χ3v) is 7.51. The first-order chi connectivity index (χ1) is 14.3. The summed E-state index contributed by atoms with van der Waals surface area (Å²) in [7, 11) is -2.22. The topological polar surface area (TPSA) is 79.4 Å². The first kappa shape index (κ1) is 22.5. The van der Waals surface area contributed by atoms with Gasteiger partial charge in [-0.2, -0.15) is 0 Å². The van der Waals surface area contributed by atoms with E-state index in [2.05, 4.69) is 35.8 Å². The molecule has 0 saturated heterocycles. The molecule has 0 saturated carbocycles. The maximum absolute atomic E-state index is 12.7. The van der Waals surface area contributed by atoms with Gasteiger partial charge in [0.25, 0.3) is 5.91 Å². The van der Waals surface area contributed by atoms with Crippen molar-refractivity contribution in [3.63, 3.8) is 0 Å². The highest BCUT2D eigenvalue weighted by molar-refractivity contribution is 7.91. The minimum Gasteiger partial charge on any atom is -0.348 e. The minimum atomic E-state index is -3.21. The van der Waals surface area contributed by atoms with Crippen LogP contribution in [0, 0.1) is 5.92 Å². The first-order valence-electron chi connectivity index (χ1n) is 10.6. The molecular formula is C22H30BN3O3S. The summed E-state index contributed by atoms with van der Waals surface area (Å²) in [6.45, 7) is 9.53. The summed E-state index contributed by atoms with van der Waals surface area (Å²) in [5, 5.41) is 2.91. The number of pyridine rings is 1. The Hall–Kier alpha value is -2.19. The van der Waals surface area contributed by atoms with Gasteiger partial charge in [0.1, 0.15) is 0 Å². The van der Waals surface area contributed by atoms with Gasteiger partial charge in [0.05, 0.1) is 21.9 Å². The Labute approximate surface area is 180 Å². The molecule has 0 aliphatic carbocycles. The van der Waals surface area contributed by atoms with Crippen LogP contribution in [0.5, 0.6) is 0 Å². The first-order valence-corrected chi connectivity index (χ1v) is 12.2. The van der Waals surface area contributed by atoms with Gasteiger partial charge in [-0.15, -0.1) is 0 Å². The number of carbonyl (C=O) groups is 1. The van der Waals surface area contributed by atoms with Gasteiger partial charge in [0.2, 0.25) is 7.41 Å². The SMILES string of the molecule is CBN1CCc2cc(C(=O)NCc3ccc(S(=O)(=O)CC)cc3)cnc2C1C(C)C. The molecule has 1 unspecified atom stereocenters. The molecule has 0 radical (unpaired) electrons. The van der Waals surface area contributed by atoms with Crippen molar-refractivity contribution < 1.29 is 13.2 Å². The van der Waals surface area contributed by atoms with Gasteiger partial charge < -0.3 is 10.1 Å².